The zero-order chi connectivity index (χ0) is 16.2. The van der Waals surface area contributed by atoms with E-state index in [-0.39, 0.29) is 0 Å². The van der Waals surface area contributed by atoms with E-state index in [4.69, 9.17) is 34.8 Å². The first-order chi connectivity index (χ1) is 10.4. The molecule has 22 heavy (non-hydrogen) atoms. The molecule has 0 fully saturated rings. The summed E-state index contributed by atoms with van der Waals surface area (Å²) in [5, 5.41) is 0.581. The maximum atomic E-state index is 6.34. The van der Waals surface area contributed by atoms with Gasteiger partial charge in [-0.25, -0.2) is 4.99 Å². The molecule has 0 aliphatic carbocycles. The highest BCUT2D eigenvalue weighted by atomic mass is 35.5. The minimum atomic E-state index is -1.13. The van der Waals surface area contributed by atoms with Gasteiger partial charge in [-0.1, -0.05) is 95.5 Å². The zero-order valence-corrected chi connectivity index (χ0v) is 14.6. The van der Waals surface area contributed by atoms with Crippen LogP contribution in [0, 0.1) is 0 Å². The zero-order valence-electron chi connectivity index (χ0n) is 12.4. The lowest BCUT2D eigenvalue weighted by molar-refractivity contribution is 1.17. The molecular weight excluding hydrogens is 337 g/mol. The highest BCUT2D eigenvalue weighted by Crippen LogP contribution is 2.30. The van der Waals surface area contributed by atoms with Gasteiger partial charge in [-0.3, -0.25) is 0 Å². The molecule has 0 aliphatic rings. The summed E-state index contributed by atoms with van der Waals surface area (Å²) in [6, 6.07) is 19.3. The van der Waals surface area contributed by atoms with Crippen LogP contribution in [0.3, 0.4) is 0 Å². The molecule has 0 aliphatic heterocycles. The van der Waals surface area contributed by atoms with Gasteiger partial charge in [-0.2, -0.15) is 0 Å². The van der Waals surface area contributed by atoms with E-state index < -0.39 is 4.33 Å². The molecule has 0 amide bonds. The Bertz CT molecular complexity index is 679. The van der Waals surface area contributed by atoms with Crippen molar-refractivity contribution in [3.63, 3.8) is 0 Å². The average molecular weight is 353 g/mol. The first kappa shape index (κ1) is 17.1. The maximum absolute atomic E-state index is 6.34. The van der Waals surface area contributed by atoms with Crippen LogP contribution in [0.2, 0.25) is 0 Å². The molecule has 1 nitrogen and oxygen atoms in total. The fourth-order valence-corrected chi connectivity index (χ4v) is 2.51. The van der Waals surface area contributed by atoms with E-state index in [1.165, 1.54) is 0 Å². The quantitative estimate of drug-likeness (QED) is 0.452. The smallest absolute Gasteiger partial charge is 0.157 e. The third-order valence-electron chi connectivity index (χ3n) is 3.06. The molecule has 0 radical (unpaired) electrons. The Kier molecular flexibility index (Phi) is 5.69. The van der Waals surface area contributed by atoms with Crippen LogP contribution >= 0.6 is 34.8 Å². The van der Waals surface area contributed by atoms with Crippen molar-refractivity contribution in [2.24, 2.45) is 4.99 Å². The lowest BCUT2D eigenvalue weighted by Crippen LogP contribution is -2.23. The summed E-state index contributed by atoms with van der Waals surface area (Å²) in [6.45, 7) is 3.50. The van der Waals surface area contributed by atoms with Crippen molar-refractivity contribution in [3.05, 3.63) is 76.8 Å². The van der Waals surface area contributed by atoms with Gasteiger partial charge in [0.05, 0.1) is 11.4 Å². The summed E-state index contributed by atoms with van der Waals surface area (Å²) in [7, 11) is 0. The summed E-state index contributed by atoms with van der Waals surface area (Å²) in [5.41, 5.74) is 3.01. The van der Waals surface area contributed by atoms with Gasteiger partial charge in [0.1, 0.15) is 0 Å². The van der Waals surface area contributed by atoms with E-state index in [9.17, 15) is 0 Å². The van der Waals surface area contributed by atoms with Gasteiger partial charge < -0.3 is 0 Å². The predicted molar refractivity (Wildman–Crippen MR) is 98.0 cm³/mol. The van der Waals surface area contributed by atoms with Crippen LogP contribution in [0.4, 0.5) is 0 Å². The molecule has 0 bridgehead atoms. The van der Waals surface area contributed by atoms with E-state index in [1.54, 1.807) is 13.8 Å². The molecule has 0 atom stereocenters. The van der Waals surface area contributed by atoms with Crippen molar-refractivity contribution in [2.45, 2.75) is 18.2 Å². The Labute approximate surface area is 146 Å². The Morgan fingerprint density at radius 1 is 0.864 bits per heavy atom. The van der Waals surface area contributed by atoms with Crippen LogP contribution in [0.25, 0.3) is 5.70 Å². The highest BCUT2D eigenvalue weighted by molar-refractivity contribution is 6.60. The second-order valence-electron chi connectivity index (χ2n) is 4.96. The summed E-state index contributed by atoms with van der Waals surface area (Å²) < 4.78 is -1.13. The number of hydrogen-bond donors (Lipinski definition) is 0. The molecule has 114 valence electrons. The topological polar surface area (TPSA) is 12.4 Å². The Hall–Kier alpha value is -1.28. The SMILES string of the molecule is C/C(Cl)=C(/N=C(c1ccccc1)C(C)(Cl)Cl)c1ccccc1. The molecule has 0 saturated carbocycles. The minimum absolute atomic E-state index is 0.565. The van der Waals surface area contributed by atoms with Crippen molar-refractivity contribution in [1.82, 2.24) is 0 Å². The van der Waals surface area contributed by atoms with Gasteiger partial charge in [-0.05, 0) is 19.4 Å². The fourth-order valence-electron chi connectivity index (χ4n) is 2.06. The highest BCUT2D eigenvalue weighted by Gasteiger charge is 2.27. The molecule has 0 unspecified atom stereocenters. The molecule has 0 N–H and O–H groups in total. The minimum Gasteiger partial charge on any atom is -0.248 e. The van der Waals surface area contributed by atoms with Crippen molar-refractivity contribution < 1.29 is 0 Å². The van der Waals surface area contributed by atoms with E-state index in [0.717, 1.165) is 11.1 Å². The summed E-state index contributed by atoms with van der Waals surface area (Å²) in [6.07, 6.45) is 0. The van der Waals surface area contributed by atoms with Crippen molar-refractivity contribution in [3.8, 4) is 0 Å². The number of hydrogen-bond acceptors (Lipinski definition) is 1. The molecule has 0 spiro atoms. The Morgan fingerprint density at radius 3 is 1.73 bits per heavy atom. The van der Waals surface area contributed by atoms with Gasteiger partial charge >= 0.3 is 0 Å². The molecule has 0 saturated heterocycles. The first-order valence-electron chi connectivity index (χ1n) is 6.84. The number of nitrogens with zero attached hydrogens (tertiary/aromatic N) is 1. The number of allylic oxidation sites excluding steroid dienone is 1. The average Bonchev–Trinajstić information content (AvgIpc) is 2.48. The van der Waals surface area contributed by atoms with Crippen LogP contribution in [0.1, 0.15) is 25.0 Å². The Morgan fingerprint density at radius 2 is 1.32 bits per heavy atom. The van der Waals surface area contributed by atoms with Crippen LogP contribution in [0.15, 0.2) is 70.7 Å². The lowest BCUT2D eigenvalue weighted by Gasteiger charge is -2.18. The summed E-state index contributed by atoms with van der Waals surface area (Å²) >= 11 is 18.9. The molecule has 2 aromatic rings. The van der Waals surface area contributed by atoms with E-state index in [2.05, 4.69) is 4.99 Å². The van der Waals surface area contributed by atoms with Gasteiger partial charge in [0, 0.05) is 10.6 Å². The van der Waals surface area contributed by atoms with Crippen LogP contribution in [-0.4, -0.2) is 10.0 Å². The van der Waals surface area contributed by atoms with E-state index in [0.29, 0.717) is 16.4 Å². The molecular formula is C18H16Cl3N. The third kappa shape index (κ3) is 4.36. The number of aliphatic imine (C=N–C) groups is 1. The molecule has 4 heteroatoms. The van der Waals surface area contributed by atoms with Crippen LogP contribution in [-0.2, 0) is 0 Å². The second kappa shape index (κ2) is 7.32. The molecule has 0 aromatic heterocycles. The van der Waals surface area contributed by atoms with Crippen molar-refractivity contribution >= 4 is 46.2 Å². The van der Waals surface area contributed by atoms with Crippen molar-refractivity contribution in [2.75, 3.05) is 0 Å². The summed E-state index contributed by atoms with van der Waals surface area (Å²) in [5.74, 6) is 0. The predicted octanol–water partition coefficient (Wildman–Crippen LogP) is 6.30. The van der Waals surface area contributed by atoms with Gasteiger partial charge in [0.2, 0.25) is 0 Å². The fraction of sp³-hybridized carbons (Fsp3) is 0.167. The monoisotopic (exact) mass is 351 g/mol. The largest absolute Gasteiger partial charge is 0.248 e. The normalized spacial score (nSPS) is 13.8. The van der Waals surface area contributed by atoms with Crippen LogP contribution in [0.5, 0.6) is 0 Å². The first-order valence-corrected chi connectivity index (χ1v) is 7.97. The van der Waals surface area contributed by atoms with Crippen molar-refractivity contribution in [1.29, 1.82) is 0 Å². The number of alkyl halides is 2. The van der Waals surface area contributed by atoms with Crippen LogP contribution < -0.4 is 0 Å². The molecule has 2 aromatic carbocycles. The molecule has 2 rings (SSSR count). The van der Waals surface area contributed by atoms with Gasteiger partial charge in [0.25, 0.3) is 0 Å². The van der Waals surface area contributed by atoms with Gasteiger partial charge in [-0.15, -0.1) is 0 Å². The van der Waals surface area contributed by atoms with Gasteiger partial charge in [0.15, 0.2) is 4.33 Å². The third-order valence-corrected chi connectivity index (χ3v) is 3.60. The number of rotatable bonds is 4. The molecule has 0 heterocycles. The summed E-state index contributed by atoms with van der Waals surface area (Å²) in [4.78, 5) is 4.69. The number of halogens is 3. The maximum Gasteiger partial charge on any atom is 0.157 e. The standard InChI is InChI=1S/C18H16Cl3N/c1-13(19)16(14-9-5-3-6-10-14)22-17(18(2,20)21)15-11-7-4-8-12-15/h3-12H,1-2H3/b16-13-,22-17?. The van der Waals surface area contributed by atoms with E-state index >= 15 is 0 Å². The van der Waals surface area contributed by atoms with E-state index in [1.807, 2.05) is 60.7 Å². The second-order valence-corrected chi connectivity index (χ2v) is 7.24. The lowest BCUT2D eigenvalue weighted by atomic mass is 10.1. The Balaban J connectivity index is 2.60. The number of benzene rings is 2.